The van der Waals surface area contributed by atoms with E-state index in [2.05, 4.69) is 15.9 Å². The van der Waals surface area contributed by atoms with E-state index in [1.165, 1.54) is 0 Å². The Balaban J connectivity index is 3.20. The molecule has 0 aliphatic carbocycles. The first kappa shape index (κ1) is 8.20. The van der Waals surface area contributed by atoms with Gasteiger partial charge in [-0.1, -0.05) is 15.9 Å². The minimum absolute atomic E-state index is 0.0496. The molecule has 11 heavy (non-hydrogen) atoms. The van der Waals surface area contributed by atoms with Gasteiger partial charge in [0.25, 0.3) is 0 Å². The highest BCUT2D eigenvalue weighted by atomic mass is 79.9. The van der Waals surface area contributed by atoms with Crippen LogP contribution in [0.1, 0.15) is 10.4 Å². The molecule has 0 heterocycles. The highest BCUT2D eigenvalue weighted by Crippen LogP contribution is 2.16. The van der Waals surface area contributed by atoms with Crippen LogP contribution < -0.4 is 5.11 Å². The summed E-state index contributed by atoms with van der Waals surface area (Å²) in [5.41, 5.74) is -0.0496. The first-order valence-electron chi connectivity index (χ1n) is 2.77. The van der Waals surface area contributed by atoms with Crippen molar-refractivity contribution in [3.63, 3.8) is 0 Å². The van der Waals surface area contributed by atoms with Crippen LogP contribution in [0.2, 0.25) is 0 Å². The standard InChI is InChI=1S/C7H4BrFO2/c8-6-3-4(9)1-2-5(6)7(10)11/h1-3H,(H,10,11)/p-1. The number of aromatic carboxylic acids is 1. The van der Waals surface area contributed by atoms with Crippen molar-refractivity contribution in [3.8, 4) is 0 Å². The summed E-state index contributed by atoms with van der Waals surface area (Å²) < 4.78 is 12.6. The molecule has 0 aromatic heterocycles. The van der Waals surface area contributed by atoms with Crippen LogP contribution in [0.15, 0.2) is 22.7 Å². The molecule has 0 N–H and O–H groups in total. The molecule has 1 aromatic carbocycles. The van der Waals surface area contributed by atoms with Crippen LogP contribution in [-0.2, 0) is 0 Å². The van der Waals surface area contributed by atoms with Gasteiger partial charge in [0.2, 0.25) is 0 Å². The zero-order valence-electron chi connectivity index (χ0n) is 5.30. The summed E-state index contributed by atoms with van der Waals surface area (Å²) in [5, 5.41) is 10.3. The van der Waals surface area contributed by atoms with Gasteiger partial charge in [-0.3, -0.25) is 0 Å². The number of hydrogen-bond donors (Lipinski definition) is 0. The Morgan fingerprint density at radius 2 is 2.18 bits per heavy atom. The minimum Gasteiger partial charge on any atom is -0.545 e. The molecule has 0 aliphatic rings. The third-order valence-corrected chi connectivity index (χ3v) is 1.81. The number of benzene rings is 1. The van der Waals surface area contributed by atoms with Gasteiger partial charge in [0.05, 0.1) is 5.97 Å². The highest BCUT2D eigenvalue weighted by molar-refractivity contribution is 9.10. The Hall–Kier alpha value is -0.900. The molecular weight excluding hydrogens is 215 g/mol. The lowest BCUT2D eigenvalue weighted by Gasteiger charge is -2.03. The monoisotopic (exact) mass is 217 g/mol. The lowest BCUT2D eigenvalue weighted by Crippen LogP contribution is -2.22. The predicted molar refractivity (Wildman–Crippen MR) is 38.4 cm³/mol. The van der Waals surface area contributed by atoms with Gasteiger partial charge in [-0.25, -0.2) is 4.39 Å². The van der Waals surface area contributed by atoms with Crippen LogP contribution in [0.4, 0.5) is 4.39 Å². The number of carbonyl (C=O) groups is 1. The van der Waals surface area contributed by atoms with Gasteiger partial charge >= 0.3 is 0 Å². The van der Waals surface area contributed by atoms with Gasteiger partial charge in [-0.15, -0.1) is 0 Å². The number of carboxylic acid groups (broad SMARTS) is 1. The van der Waals surface area contributed by atoms with Gasteiger partial charge < -0.3 is 9.90 Å². The first-order chi connectivity index (χ1) is 5.11. The molecule has 0 amide bonds. The normalized spacial score (nSPS) is 9.64. The van der Waals surface area contributed by atoms with Crippen LogP contribution in [0.5, 0.6) is 0 Å². The summed E-state index contributed by atoms with van der Waals surface area (Å²) in [4.78, 5) is 10.3. The topological polar surface area (TPSA) is 40.1 Å². The molecule has 0 bridgehead atoms. The van der Waals surface area contributed by atoms with Gasteiger partial charge in [0, 0.05) is 10.0 Å². The summed E-state index contributed by atoms with van der Waals surface area (Å²) >= 11 is 2.89. The van der Waals surface area contributed by atoms with Crippen molar-refractivity contribution in [1.29, 1.82) is 0 Å². The Labute approximate surface area is 70.8 Å². The predicted octanol–water partition coefficient (Wildman–Crippen LogP) is 0.952. The van der Waals surface area contributed by atoms with E-state index in [4.69, 9.17) is 0 Å². The molecule has 1 rings (SSSR count). The maximum atomic E-state index is 12.4. The zero-order valence-corrected chi connectivity index (χ0v) is 6.89. The number of carboxylic acids is 1. The largest absolute Gasteiger partial charge is 0.545 e. The molecule has 0 fully saturated rings. The fourth-order valence-electron chi connectivity index (χ4n) is 0.655. The van der Waals surface area contributed by atoms with Crippen molar-refractivity contribution in [2.75, 3.05) is 0 Å². The maximum absolute atomic E-state index is 12.4. The van der Waals surface area contributed by atoms with Crippen molar-refractivity contribution >= 4 is 21.9 Å². The van der Waals surface area contributed by atoms with Crippen molar-refractivity contribution in [3.05, 3.63) is 34.1 Å². The second kappa shape index (κ2) is 3.00. The highest BCUT2D eigenvalue weighted by Gasteiger charge is 2.00. The van der Waals surface area contributed by atoms with E-state index in [0.717, 1.165) is 18.2 Å². The lowest BCUT2D eigenvalue weighted by molar-refractivity contribution is -0.255. The van der Waals surface area contributed by atoms with Crippen molar-refractivity contribution < 1.29 is 14.3 Å². The lowest BCUT2D eigenvalue weighted by atomic mass is 10.2. The molecule has 0 saturated heterocycles. The van der Waals surface area contributed by atoms with E-state index in [0.29, 0.717) is 0 Å². The Bertz CT molecular complexity index is 298. The Kier molecular flexibility index (Phi) is 2.24. The quantitative estimate of drug-likeness (QED) is 0.703. The molecule has 0 radical (unpaired) electrons. The molecule has 4 heteroatoms. The van der Waals surface area contributed by atoms with Crippen LogP contribution in [0.3, 0.4) is 0 Å². The van der Waals surface area contributed by atoms with Crippen molar-refractivity contribution in [2.24, 2.45) is 0 Å². The number of carbonyl (C=O) groups excluding carboxylic acids is 1. The summed E-state index contributed by atoms with van der Waals surface area (Å²) in [5.74, 6) is -1.81. The molecule has 1 aromatic rings. The Morgan fingerprint density at radius 3 is 2.64 bits per heavy atom. The molecule has 0 saturated carbocycles. The van der Waals surface area contributed by atoms with Gasteiger partial charge in [-0.2, -0.15) is 0 Å². The molecule has 0 aliphatic heterocycles. The van der Waals surface area contributed by atoms with E-state index in [9.17, 15) is 14.3 Å². The van der Waals surface area contributed by atoms with E-state index in [1.807, 2.05) is 0 Å². The van der Waals surface area contributed by atoms with E-state index in [-0.39, 0.29) is 10.0 Å². The van der Waals surface area contributed by atoms with E-state index in [1.54, 1.807) is 0 Å². The summed E-state index contributed by atoms with van der Waals surface area (Å²) in [6.45, 7) is 0. The fraction of sp³-hybridized carbons (Fsp3) is 0. The van der Waals surface area contributed by atoms with Gasteiger partial charge in [0.1, 0.15) is 5.82 Å². The smallest absolute Gasteiger partial charge is 0.124 e. The summed E-state index contributed by atoms with van der Waals surface area (Å²) in [6.07, 6.45) is 0. The van der Waals surface area contributed by atoms with Gasteiger partial charge in [0.15, 0.2) is 0 Å². The third kappa shape index (κ3) is 1.77. The molecule has 58 valence electrons. The average Bonchev–Trinajstić information content (AvgIpc) is 1.85. The molecule has 0 spiro atoms. The number of hydrogen-bond acceptors (Lipinski definition) is 2. The van der Waals surface area contributed by atoms with Gasteiger partial charge in [-0.05, 0) is 18.2 Å². The van der Waals surface area contributed by atoms with E-state index >= 15 is 0 Å². The fourth-order valence-corrected chi connectivity index (χ4v) is 1.17. The van der Waals surface area contributed by atoms with Crippen molar-refractivity contribution in [2.45, 2.75) is 0 Å². The van der Waals surface area contributed by atoms with Crippen LogP contribution in [0, 0.1) is 5.82 Å². The third-order valence-electron chi connectivity index (χ3n) is 1.15. The van der Waals surface area contributed by atoms with Crippen LogP contribution in [-0.4, -0.2) is 5.97 Å². The molecule has 2 nitrogen and oxygen atoms in total. The van der Waals surface area contributed by atoms with Crippen LogP contribution >= 0.6 is 15.9 Å². The second-order valence-electron chi connectivity index (χ2n) is 1.91. The number of rotatable bonds is 1. The summed E-state index contributed by atoms with van der Waals surface area (Å²) in [7, 11) is 0. The first-order valence-corrected chi connectivity index (χ1v) is 3.57. The molecule has 0 unspecified atom stereocenters. The second-order valence-corrected chi connectivity index (χ2v) is 2.77. The SMILES string of the molecule is O=C([O-])c1ccc(F)cc1Br. The van der Waals surface area contributed by atoms with Crippen LogP contribution in [0.25, 0.3) is 0 Å². The minimum atomic E-state index is -1.32. The van der Waals surface area contributed by atoms with E-state index < -0.39 is 11.8 Å². The maximum Gasteiger partial charge on any atom is 0.124 e. The molecular formula is C7H3BrFO2-. The Morgan fingerprint density at radius 1 is 1.55 bits per heavy atom. The van der Waals surface area contributed by atoms with Crippen molar-refractivity contribution in [1.82, 2.24) is 0 Å². The summed E-state index contributed by atoms with van der Waals surface area (Å²) in [6, 6.07) is 3.29. The average molecular weight is 218 g/mol. The number of halogens is 2. The zero-order chi connectivity index (χ0) is 8.43. The molecule has 0 atom stereocenters.